The molecule has 0 atom stereocenters. The van der Waals surface area contributed by atoms with Crippen molar-refractivity contribution in [2.75, 3.05) is 37.8 Å². The molecule has 5 nitrogen and oxygen atoms in total. The highest BCUT2D eigenvalue weighted by Gasteiger charge is 2.29. The van der Waals surface area contributed by atoms with Crippen molar-refractivity contribution in [2.45, 2.75) is 6.04 Å². The number of hydrogen-bond donors (Lipinski definition) is 1. The number of hydrogen-bond acceptors (Lipinski definition) is 5. The molecule has 0 bridgehead atoms. The van der Waals surface area contributed by atoms with Gasteiger partial charge < -0.3 is 15.5 Å². The highest BCUT2D eigenvalue weighted by atomic mass is 15.3. The van der Waals surface area contributed by atoms with Crippen LogP contribution in [-0.4, -0.2) is 48.1 Å². The molecular formula is C9H15N5. The molecule has 0 aromatic carbocycles. The van der Waals surface area contributed by atoms with E-state index in [1.807, 2.05) is 0 Å². The van der Waals surface area contributed by atoms with Crippen molar-refractivity contribution >= 4 is 11.6 Å². The monoisotopic (exact) mass is 193 g/mol. The second kappa shape index (κ2) is 3.42. The maximum absolute atomic E-state index is 5.46. The third-order valence-electron chi connectivity index (χ3n) is 2.57. The number of likely N-dealkylation sites (N-methyl/N-ethyl adjacent to an activating group) is 1. The fourth-order valence-electron chi connectivity index (χ4n) is 1.46. The maximum atomic E-state index is 5.46. The predicted octanol–water partition coefficient (Wildman–Crippen LogP) is -0.191. The zero-order chi connectivity index (χ0) is 10.1. The number of nitrogen functional groups attached to an aromatic ring is 1. The van der Waals surface area contributed by atoms with Crippen molar-refractivity contribution in [3.05, 3.63) is 12.4 Å². The molecule has 1 fully saturated rings. The van der Waals surface area contributed by atoms with E-state index >= 15 is 0 Å². The van der Waals surface area contributed by atoms with Gasteiger partial charge in [-0.15, -0.1) is 0 Å². The lowest BCUT2D eigenvalue weighted by molar-refractivity contribution is 0.246. The average Bonchev–Trinajstić information content (AvgIpc) is 2.05. The summed E-state index contributed by atoms with van der Waals surface area (Å²) in [5, 5.41) is 0. The molecule has 0 aliphatic carbocycles. The number of nitrogens with zero attached hydrogens (tertiary/aromatic N) is 4. The van der Waals surface area contributed by atoms with E-state index in [1.54, 1.807) is 12.4 Å². The van der Waals surface area contributed by atoms with Crippen molar-refractivity contribution in [3.8, 4) is 0 Å². The normalized spacial score (nSPS) is 17.2. The average molecular weight is 193 g/mol. The third-order valence-corrected chi connectivity index (χ3v) is 2.57. The number of rotatable bonds is 2. The molecule has 0 radical (unpaired) electrons. The Morgan fingerprint density at radius 2 is 2.07 bits per heavy atom. The Bertz CT molecular complexity index is 301. The Balaban J connectivity index is 1.96. The van der Waals surface area contributed by atoms with Gasteiger partial charge in [-0.05, 0) is 14.1 Å². The molecule has 1 aliphatic heterocycles. The van der Waals surface area contributed by atoms with Crippen LogP contribution in [0.15, 0.2) is 12.4 Å². The van der Waals surface area contributed by atoms with E-state index in [2.05, 4.69) is 33.9 Å². The summed E-state index contributed by atoms with van der Waals surface area (Å²) in [4.78, 5) is 12.6. The van der Waals surface area contributed by atoms with Gasteiger partial charge in [0.1, 0.15) is 11.6 Å². The molecule has 76 valence electrons. The van der Waals surface area contributed by atoms with Gasteiger partial charge in [0, 0.05) is 19.1 Å². The Labute approximate surface area is 83.5 Å². The minimum Gasteiger partial charge on any atom is -0.382 e. The summed E-state index contributed by atoms with van der Waals surface area (Å²) in [6.45, 7) is 2.04. The molecule has 1 aliphatic rings. The molecule has 0 saturated carbocycles. The molecule has 1 aromatic rings. The first kappa shape index (κ1) is 9.21. The summed E-state index contributed by atoms with van der Waals surface area (Å²) >= 11 is 0. The number of nitrogens with two attached hydrogens (primary N) is 1. The predicted molar refractivity (Wildman–Crippen MR) is 56.1 cm³/mol. The third kappa shape index (κ3) is 1.63. The van der Waals surface area contributed by atoms with Crippen LogP contribution in [0.4, 0.5) is 11.6 Å². The highest BCUT2D eigenvalue weighted by Crippen LogP contribution is 2.19. The largest absolute Gasteiger partial charge is 0.382 e. The summed E-state index contributed by atoms with van der Waals surface area (Å²) in [5.41, 5.74) is 5.46. The smallest absolute Gasteiger partial charge is 0.147 e. The topological polar surface area (TPSA) is 58.3 Å². The van der Waals surface area contributed by atoms with Crippen LogP contribution in [0.2, 0.25) is 0 Å². The summed E-state index contributed by atoms with van der Waals surface area (Å²) in [6.07, 6.45) is 3.32. The first-order chi connectivity index (χ1) is 6.66. The van der Waals surface area contributed by atoms with Gasteiger partial charge in [-0.25, -0.2) is 9.97 Å². The van der Waals surface area contributed by atoms with Gasteiger partial charge in [0.2, 0.25) is 0 Å². The van der Waals surface area contributed by atoms with Crippen molar-refractivity contribution in [1.82, 2.24) is 14.9 Å². The standard InChI is InChI=1S/C9H15N5/c1-13(2)7-5-14(6-7)9-4-11-8(10)3-12-9/h3-4,7H,5-6H2,1-2H3,(H2,10,11). The molecule has 2 N–H and O–H groups in total. The molecule has 2 heterocycles. The molecule has 5 heteroatoms. The summed E-state index contributed by atoms with van der Waals surface area (Å²) in [6, 6.07) is 0.634. The second-order valence-electron chi connectivity index (χ2n) is 3.82. The molecule has 0 spiro atoms. The van der Waals surface area contributed by atoms with Crippen LogP contribution in [0, 0.1) is 0 Å². The Morgan fingerprint density at radius 1 is 1.36 bits per heavy atom. The van der Waals surface area contributed by atoms with E-state index in [0.717, 1.165) is 18.9 Å². The first-order valence-corrected chi connectivity index (χ1v) is 4.65. The van der Waals surface area contributed by atoms with Crippen LogP contribution in [0.3, 0.4) is 0 Å². The van der Waals surface area contributed by atoms with Crippen LogP contribution in [0.1, 0.15) is 0 Å². The van der Waals surface area contributed by atoms with E-state index in [0.29, 0.717) is 11.9 Å². The van der Waals surface area contributed by atoms with Crippen molar-refractivity contribution in [1.29, 1.82) is 0 Å². The van der Waals surface area contributed by atoms with Gasteiger partial charge in [0.05, 0.1) is 12.4 Å². The number of aromatic nitrogens is 2. The minimum absolute atomic E-state index is 0.471. The first-order valence-electron chi connectivity index (χ1n) is 4.65. The number of anilines is 2. The quantitative estimate of drug-likeness (QED) is 0.705. The summed E-state index contributed by atoms with van der Waals surface area (Å²) < 4.78 is 0. The molecule has 0 amide bonds. The van der Waals surface area contributed by atoms with Crippen molar-refractivity contribution in [2.24, 2.45) is 0 Å². The van der Waals surface area contributed by atoms with Gasteiger partial charge >= 0.3 is 0 Å². The fraction of sp³-hybridized carbons (Fsp3) is 0.556. The fourth-order valence-corrected chi connectivity index (χ4v) is 1.46. The van der Waals surface area contributed by atoms with Crippen LogP contribution in [0.25, 0.3) is 0 Å². The summed E-state index contributed by atoms with van der Waals surface area (Å²) in [5.74, 6) is 1.38. The zero-order valence-electron chi connectivity index (χ0n) is 8.51. The lowest BCUT2D eigenvalue weighted by Crippen LogP contribution is -2.57. The Kier molecular flexibility index (Phi) is 2.25. The molecule has 0 unspecified atom stereocenters. The molecule has 1 aromatic heterocycles. The van der Waals surface area contributed by atoms with Crippen LogP contribution in [0.5, 0.6) is 0 Å². The van der Waals surface area contributed by atoms with E-state index < -0.39 is 0 Å². The van der Waals surface area contributed by atoms with Gasteiger partial charge in [-0.3, -0.25) is 0 Å². The highest BCUT2D eigenvalue weighted by molar-refractivity contribution is 5.42. The molecule has 1 saturated heterocycles. The van der Waals surface area contributed by atoms with E-state index in [-0.39, 0.29) is 0 Å². The van der Waals surface area contributed by atoms with Gasteiger partial charge in [-0.2, -0.15) is 0 Å². The molecule has 14 heavy (non-hydrogen) atoms. The summed E-state index contributed by atoms with van der Waals surface area (Å²) in [7, 11) is 4.19. The second-order valence-corrected chi connectivity index (χ2v) is 3.82. The Hall–Kier alpha value is -1.36. The van der Waals surface area contributed by atoms with E-state index in [1.165, 1.54) is 0 Å². The van der Waals surface area contributed by atoms with Gasteiger partial charge in [-0.1, -0.05) is 0 Å². The van der Waals surface area contributed by atoms with E-state index in [9.17, 15) is 0 Å². The van der Waals surface area contributed by atoms with Crippen LogP contribution in [-0.2, 0) is 0 Å². The van der Waals surface area contributed by atoms with E-state index in [4.69, 9.17) is 5.73 Å². The SMILES string of the molecule is CN(C)C1CN(c2cnc(N)cn2)C1. The van der Waals surface area contributed by atoms with Crippen molar-refractivity contribution in [3.63, 3.8) is 0 Å². The lowest BCUT2D eigenvalue weighted by atomic mass is 10.1. The van der Waals surface area contributed by atoms with Crippen molar-refractivity contribution < 1.29 is 0 Å². The van der Waals surface area contributed by atoms with Gasteiger partial charge in [0.15, 0.2) is 0 Å². The molecular weight excluding hydrogens is 178 g/mol. The minimum atomic E-state index is 0.471. The zero-order valence-corrected chi connectivity index (χ0v) is 8.51. The Morgan fingerprint density at radius 3 is 2.57 bits per heavy atom. The lowest BCUT2D eigenvalue weighted by Gasteiger charge is -2.43. The van der Waals surface area contributed by atoms with Gasteiger partial charge in [0.25, 0.3) is 0 Å². The molecule has 2 rings (SSSR count). The van der Waals surface area contributed by atoms with Crippen LogP contribution < -0.4 is 10.6 Å². The maximum Gasteiger partial charge on any atom is 0.147 e. The van der Waals surface area contributed by atoms with Crippen LogP contribution >= 0.6 is 0 Å².